The topological polar surface area (TPSA) is 32.8 Å². The lowest BCUT2D eigenvalue weighted by Crippen LogP contribution is -2.43. The van der Waals surface area contributed by atoms with Crippen molar-refractivity contribution in [2.24, 2.45) is 0 Å². The van der Waals surface area contributed by atoms with Crippen LogP contribution in [-0.4, -0.2) is 62.1 Å². The summed E-state index contributed by atoms with van der Waals surface area (Å²) in [5.74, 6) is -0.0904. The lowest BCUT2D eigenvalue weighted by molar-refractivity contribution is -0.146. The van der Waals surface area contributed by atoms with Gasteiger partial charge in [-0.05, 0) is 39.4 Å². The van der Waals surface area contributed by atoms with E-state index in [2.05, 4.69) is 16.7 Å². The summed E-state index contributed by atoms with van der Waals surface area (Å²) < 4.78 is 4.91. The van der Waals surface area contributed by atoms with E-state index in [0.717, 1.165) is 32.4 Å². The molecule has 0 aromatic heterocycles. The van der Waals surface area contributed by atoms with E-state index in [0.29, 0.717) is 0 Å². The number of methoxy groups -OCH3 is 1. The van der Waals surface area contributed by atoms with Crippen molar-refractivity contribution in [1.82, 2.24) is 9.80 Å². The van der Waals surface area contributed by atoms with Crippen molar-refractivity contribution in [3.63, 3.8) is 0 Å². The van der Waals surface area contributed by atoms with E-state index in [1.807, 2.05) is 7.05 Å². The molecule has 1 rings (SSSR count). The van der Waals surface area contributed by atoms with Crippen LogP contribution >= 0.6 is 0 Å². The lowest BCUT2D eigenvalue weighted by Gasteiger charge is -2.27. The van der Waals surface area contributed by atoms with Gasteiger partial charge in [0.1, 0.15) is 6.04 Å². The van der Waals surface area contributed by atoms with E-state index in [1.165, 1.54) is 33.0 Å². The summed E-state index contributed by atoms with van der Waals surface area (Å²) in [5, 5.41) is 0. The number of ether oxygens (including phenoxy) is 1. The molecular formula is C14H28N2O2. The number of esters is 1. The van der Waals surface area contributed by atoms with Gasteiger partial charge in [0.15, 0.2) is 0 Å². The molecule has 4 heteroatoms. The first kappa shape index (κ1) is 15.4. The molecule has 1 aliphatic heterocycles. The molecule has 1 saturated heterocycles. The highest BCUT2D eigenvalue weighted by atomic mass is 16.5. The van der Waals surface area contributed by atoms with Gasteiger partial charge in [0.2, 0.25) is 0 Å². The Hall–Kier alpha value is -0.610. The monoisotopic (exact) mass is 256 g/mol. The zero-order valence-electron chi connectivity index (χ0n) is 12.2. The zero-order valence-corrected chi connectivity index (χ0v) is 12.2. The van der Waals surface area contributed by atoms with E-state index in [-0.39, 0.29) is 12.0 Å². The molecule has 0 radical (unpaired) electrons. The van der Waals surface area contributed by atoms with Crippen LogP contribution in [0.15, 0.2) is 0 Å². The Balaban J connectivity index is 2.36. The molecule has 0 bridgehead atoms. The first-order valence-electron chi connectivity index (χ1n) is 7.19. The average Bonchev–Trinajstić information content (AvgIpc) is 2.89. The van der Waals surface area contributed by atoms with E-state index < -0.39 is 0 Å². The Morgan fingerprint density at radius 1 is 1.39 bits per heavy atom. The molecule has 1 fully saturated rings. The third-order valence-corrected chi connectivity index (χ3v) is 3.80. The third kappa shape index (κ3) is 4.94. The highest BCUT2D eigenvalue weighted by Gasteiger charge is 2.23. The molecule has 1 atom stereocenters. The van der Waals surface area contributed by atoms with Crippen molar-refractivity contribution >= 4 is 5.97 Å². The highest BCUT2D eigenvalue weighted by molar-refractivity contribution is 5.75. The molecule has 18 heavy (non-hydrogen) atoms. The maximum absolute atomic E-state index is 11.8. The second kappa shape index (κ2) is 8.48. The summed E-state index contributed by atoms with van der Waals surface area (Å²) >= 11 is 0. The third-order valence-electron chi connectivity index (χ3n) is 3.80. The molecule has 0 spiro atoms. The van der Waals surface area contributed by atoms with Gasteiger partial charge in [0, 0.05) is 13.1 Å². The molecule has 4 nitrogen and oxygen atoms in total. The summed E-state index contributed by atoms with van der Waals surface area (Å²) in [6.07, 6.45) is 5.74. The zero-order chi connectivity index (χ0) is 13.4. The number of hydrogen-bond donors (Lipinski definition) is 0. The maximum Gasteiger partial charge on any atom is 0.323 e. The maximum atomic E-state index is 11.8. The molecular weight excluding hydrogens is 228 g/mol. The molecule has 0 aromatic carbocycles. The van der Waals surface area contributed by atoms with Gasteiger partial charge in [-0.15, -0.1) is 0 Å². The van der Waals surface area contributed by atoms with Gasteiger partial charge in [-0.1, -0.05) is 19.8 Å². The first-order chi connectivity index (χ1) is 8.69. The van der Waals surface area contributed by atoms with Gasteiger partial charge in [0.05, 0.1) is 7.11 Å². The fourth-order valence-electron chi connectivity index (χ4n) is 2.51. The Morgan fingerprint density at radius 2 is 2.06 bits per heavy atom. The van der Waals surface area contributed by atoms with Crippen molar-refractivity contribution in [1.29, 1.82) is 0 Å². The second-order valence-electron chi connectivity index (χ2n) is 5.21. The van der Waals surface area contributed by atoms with E-state index in [4.69, 9.17) is 4.74 Å². The van der Waals surface area contributed by atoms with Crippen LogP contribution in [0.4, 0.5) is 0 Å². The van der Waals surface area contributed by atoms with Crippen molar-refractivity contribution < 1.29 is 9.53 Å². The normalized spacial score (nSPS) is 18.2. The minimum Gasteiger partial charge on any atom is -0.468 e. The number of carbonyl (C=O) groups is 1. The molecule has 1 unspecified atom stereocenters. The number of likely N-dealkylation sites (tertiary alicyclic amines) is 1. The number of nitrogens with zero attached hydrogens (tertiary/aromatic N) is 2. The summed E-state index contributed by atoms with van der Waals surface area (Å²) in [4.78, 5) is 16.4. The average molecular weight is 256 g/mol. The predicted molar refractivity (Wildman–Crippen MR) is 73.6 cm³/mol. The predicted octanol–water partition coefficient (Wildman–Crippen LogP) is 1.75. The Labute approximate surface area is 111 Å². The lowest BCUT2D eigenvalue weighted by atomic mass is 10.1. The quantitative estimate of drug-likeness (QED) is 0.619. The van der Waals surface area contributed by atoms with Gasteiger partial charge in [-0.3, -0.25) is 9.69 Å². The van der Waals surface area contributed by atoms with Crippen LogP contribution in [0, 0.1) is 0 Å². The van der Waals surface area contributed by atoms with Crippen LogP contribution in [0.1, 0.15) is 39.0 Å². The fraction of sp³-hybridized carbons (Fsp3) is 0.929. The van der Waals surface area contributed by atoms with Gasteiger partial charge < -0.3 is 9.64 Å². The van der Waals surface area contributed by atoms with Crippen LogP contribution in [0.2, 0.25) is 0 Å². The van der Waals surface area contributed by atoms with Gasteiger partial charge >= 0.3 is 5.97 Å². The summed E-state index contributed by atoms with van der Waals surface area (Å²) in [5.41, 5.74) is 0. The highest BCUT2D eigenvalue weighted by Crippen LogP contribution is 2.11. The number of hydrogen-bond acceptors (Lipinski definition) is 4. The smallest absolute Gasteiger partial charge is 0.323 e. The minimum atomic E-state index is -0.0904. The van der Waals surface area contributed by atoms with Gasteiger partial charge in [0.25, 0.3) is 0 Å². The van der Waals surface area contributed by atoms with Crippen LogP contribution in [0.3, 0.4) is 0 Å². The van der Waals surface area contributed by atoms with Crippen LogP contribution < -0.4 is 0 Å². The largest absolute Gasteiger partial charge is 0.468 e. The van der Waals surface area contributed by atoms with E-state index in [1.54, 1.807) is 0 Å². The number of unbranched alkanes of at least 4 members (excludes halogenated alkanes) is 1. The van der Waals surface area contributed by atoms with Crippen LogP contribution in [0.5, 0.6) is 0 Å². The molecule has 0 aromatic rings. The molecule has 0 amide bonds. The van der Waals surface area contributed by atoms with Crippen molar-refractivity contribution in [3.8, 4) is 0 Å². The van der Waals surface area contributed by atoms with Crippen LogP contribution in [0.25, 0.3) is 0 Å². The SMILES string of the molecule is CCCCC(C(=O)OC)N(C)CCN1CCCC1. The summed E-state index contributed by atoms with van der Waals surface area (Å²) in [7, 11) is 3.52. The Bertz CT molecular complexity index is 240. The summed E-state index contributed by atoms with van der Waals surface area (Å²) in [6, 6.07) is -0.0717. The molecule has 0 saturated carbocycles. The number of likely N-dealkylation sites (N-methyl/N-ethyl adjacent to an activating group) is 1. The Morgan fingerprint density at radius 3 is 2.61 bits per heavy atom. The first-order valence-corrected chi connectivity index (χ1v) is 7.19. The number of rotatable bonds is 8. The van der Waals surface area contributed by atoms with E-state index >= 15 is 0 Å². The molecule has 1 aliphatic rings. The fourth-order valence-corrected chi connectivity index (χ4v) is 2.51. The van der Waals surface area contributed by atoms with Gasteiger partial charge in [-0.2, -0.15) is 0 Å². The molecule has 0 aliphatic carbocycles. The van der Waals surface area contributed by atoms with Crippen molar-refractivity contribution in [2.75, 3.05) is 40.3 Å². The van der Waals surface area contributed by atoms with Crippen LogP contribution in [-0.2, 0) is 9.53 Å². The molecule has 1 heterocycles. The van der Waals surface area contributed by atoms with Crippen molar-refractivity contribution in [2.45, 2.75) is 45.1 Å². The van der Waals surface area contributed by atoms with Crippen molar-refractivity contribution in [3.05, 3.63) is 0 Å². The number of carbonyl (C=O) groups excluding carboxylic acids is 1. The molecule has 0 N–H and O–H groups in total. The van der Waals surface area contributed by atoms with E-state index in [9.17, 15) is 4.79 Å². The standard InChI is InChI=1S/C14H28N2O2/c1-4-5-8-13(14(17)18-3)15(2)11-12-16-9-6-7-10-16/h13H,4-12H2,1-3H3. The minimum absolute atomic E-state index is 0.0717. The Kier molecular flexibility index (Phi) is 7.28. The second-order valence-corrected chi connectivity index (χ2v) is 5.21. The summed E-state index contributed by atoms with van der Waals surface area (Å²) in [6.45, 7) is 6.59. The molecule has 106 valence electrons. The van der Waals surface area contributed by atoms with Gasteiger partial charge in [-0.25, -0.2) is 0 Å².